The van der Waals surface area contributed by atoms with Gasteiger partial charge in [-0.3, -0.25) is 4.90 Å². The zero-order chi connectivity index (χ0) is 15.1. The first-order chi connectivity index (χ1) is 9.49. The summed E-state index contributed by atoms with van der Waals surface area (Å²) in [7, 11) is 4.36. The van der Waals surface area contributed by atoms with Crippen molar-refractivity contribution in [1.29, 1.82) is 0 Å². The van der Waals surface area contributed by atoms with E-state index in [-0.39, 0.29) is 0 Å². The van der Waals surface area contributed by atoms with Crippen molar-refractivity contribution in [2.45, 2.75) is 59.0 Å². The number of likely N-dealkylation sites (N-methyl/N-ethyl adjacent to an activating group) is 2. The lowest BCUT2D eigenvalue weighted by atomic mass is 9.75. The molecule has 0 heterocycles. The van der Waals surface area contributed by atoms with Crippen LogP contribution >= 0.6 is 0 Å². The molecule has 0 amide bonds. The van der Waals surface area contributed by atoms with Crippen molar-refractivity contribution in [2.75, 3.05) is 40.3 Å². The van der Waals surface area contributed by atoms with E-state index in [2.05, 4.69) is 56.9 Å². The van der Waals surface area contributed by atoms with E-state index in [1.807, 2.05) is 0 Å². The average molecular weight is 284 g/mol. The first-order valence-electron chi connectivity index (χ1n) is 8.61. The summed E-state index contributed by atoms with van der Waals surface area (Å²) in [6, 6.07) is 1.39. The molecule has 1 rings (SSSR count). The molecule has 0 saturated heterocycles. The SMILES string of the molecule is CCCN(CCN(C)C)C1C(C)CC(C)CC1NCC. The topological polar surface area (TPSA) is 18.5 Å². The van der Waals surface area contributed by atoms with Crippen LogP contribution in [0.4, 0.5) is 0 Å². The van der Waals surface area contributed by atoms with Crippen LogP contribution in [0.2, 0.25) is 0 Å². The molecular weight excluding hydrogens is 246 g/mol. The highest BCUT2D eigenvalue weighted by Gasteiger charge is 2.36. The molecule has 4 atom stereocenters. The molecule has 0 aliphatic heterocycles. The molecule has 0 radical (unpaired) electrons. The largest absolute Gasteiger partial charge is 0.313 e. The van der Waals surface area contributed by atoms with Gasteiger partial charge in [0.2, 0.25) is 0 Å². The average Bonchev–Trinajstić information content (AvgIpc) is 2.35. The number of rotatable bonds is 8. The van der Waals surface area contributed by atoms with Crippen molar-refractivity contribution in [3.05, 3.63) is 0 Å². The maximum atomic E-state index is 3.77. The van der Waals surface area contributed by atoms with Gasteiger partial charge in [0.1, 0.15) is 0 Å². The molecule has 0 bridgehead atoms. The maximum absolute atomic E-state index is 3.77. The molecule has 1 aliphatic carbocycles. The Balaban J connectivity index is 2.76. The Kier molecular flexibility index (Phi) is 8.08. The predicted molar refractivity (Wildman–Crippen MR) is 89.2 cm³/mol. The highest BCUT2D eigenvalue weighted by molar-refractivity contribution is 4.94. The minimum atomic E-state index is 0.674. The van der Waals surface area contributed by atoms with Crippen LogP contribution in [-0.2, 0) is 0 Å². The third-order valence-corrected chi connectivity index (χ3v) is 4.66. The molecule has 0 spiro atoms. The Bertz CT molecular complexity index is 255. The van der Waals surface area contributed by atoms with Crippen molar-refractivity contribution in [3.63, 3.8) is 0 Å². The van der Waals surface area contributed by atoms with Crippen LogP contribution in [0.5, 0.6) is 0 Å². The molecule has 1 N–H and O–H groups in total. The zero-order valence-electron chi connectivity index (χ0n) is 14.7. The smallest absolute Gasteiger partial charge is 0.0275 e. The summed E-state index contributed by atoms with van der Waals surface area (Å²) in [5.74, 6) is 1.67. The fourth-order valence-electron chi connectivity index (χ4n) is 3.95. The summed E-state index contributed by atoms with van der Waals surface area (Å²) >= 11 is 0. The molecule has 0 aromatic carbocycles. The molecule has 1 aliphatic rings. The van der Waals surface area contributed by atoms with Gasteiger partial charge >= 0.3 is 0 Å². The molecular formula is C17H37N3. The van der Waals surface area contributed by atoms with Crippen LogP contribution < -0.4 is 5.32 Å². The molecule has 1 fully saturated rings. The van der Waals surface area contributed by atoms with Crippen molar-refractivity contribution in [2.24, 2.45) is 11.8 Å². The second-order valence-electron chi connectivity index (χ2n) is 7.05. The molecule has 0 aromatic rings. The van der Waals surface area contributed by atoms with Crippen molar-refractivity contribution in [3.8, 4) is 0 Å². The van der Waals surface area contributed by atoms with Crippen LogP contribution in [0.25, 0.3) is 0 Å². The lowest BCUT2D eigenvalue weighted by molar-refractivity contribution is 0.0571. The van der Waals surface area contributed by atoms with Gasteiger partial charge in [-0.05, 0) is 58.3 Å². The lowest BCUT2D eigenvalue weighted by Crippen LogP contribution is -2.57. The predicted octanol–water partition coefficient (Wildman–Crippen LogP) is 2.67. The fraction of sp³-hybridized carbons (Fsp3) is 1.00. The highest BCUT2D eigenvalue weighted by atomic mass is 15.2. The number of hydrogen-bond acceptors (Lipinski definition) is 3. The van der Waals surface area contributed by atoms with E-state index in [0.717, 1.165) is 24.9 Å². The van der Waals surface area contributed by atoms with E-state index in [0.29, 0.717) is 12.1 Å². The normalized spacial score (nSPS) is 31.2. The molecule has 1 saturated carbocycles. The van der Waals surface area contributed by atoms with Crippen molar-refractivity contribution >= 4 is 0 Å². The molecule has 3 heteroatoms. The van der Waals surface area contributed by atoms with Crippen molar-refractivity contribution < 1.29 is 0 Å². The second-order valence-corrected chi connectivity index (χ2v) is 7.05. The Morgan fingerprint density at radius 3 is 2.25 bits per heavy atom. The van der Waals surface area contributed by atoms with Gasteiger partial charge in [0.25, 0.3) is 0 Å². The van der Waals surface area contributed by atoms with Crippen LogP contribution in [0.1, 0.15) is 47.0 Å². The van der Waals surface area contributed by atoms with Crippen LogP contribution in [0.3, 0.4) is 0 Å². The van der Waals surface area contributed by atoms with Crippen molar-refractivity contribution in [1.82, 2.24) is 15.1 Å². The Morgan fingerprint density at radius 2 is 1.70 bits per heavy atom. The summed E-state index contributed by atoms with van der Waals surface area (Å²) in [6.07, 6.45) is 3.98. The quantitative estimate of drug-likeness (QED) is 0.739. The summed E-state index contributed by atoms with van der Waals surface area (Å²) in [5, 5.41) is 3.77. The first kappa shape index (κ1) is 17.9. The number of nitrogens with zero attached hydrogens (tertiary/aromatic N) is 2. The van der Waals surface area contributed by atoms with E-state index in [1.54, 1.807) is 0 Å². The van der Waals surface area contributed by atoms with Gasteiger partial charge < -0.3 is 10.2 Å². The third kappa shape index (κ3) is 5.34. The summed E-state index contributed by atoms with van der Waals surface area (Å²) in [4.78, 5) is 5.06. The van der Waals surface area contributed by atoms with E-state index in [1.165, 1.54) is 32.4 Å². The Hall–Kier alpha value is -0.120. The highest BCUT2D eigenvalue weighted by Crippen LogP contribution is 2.32. The van der Waals surface area contributed by atoms with Gasteiger partial charge in [-0.1, -0.05) is 27.7 Å². The summed E-state index contributed by atoms with van der Waals surface area (Å²) in [5.41, 5.74) is 0. The van der Waals surface area contributed by atoms with Gasteiger partial charge in [0.15, 0.2) is 0 Å². The van der Waals surface area contributed by atoms with E-state index < -0.39 is 0 Å². The lowest BCUT2D eigenvalue weighted by Gasteiger charge is -2.46. The molecule has 20 heavy (non-hydrogen) atoms. The third-order valence-electron chi connectivity index (χ3n) is 4.66. The zero-order valence-corrected chi connectivity index (χ0v) is 14.7. The Labute approximate surface area is 127 Å². The number of nitrogens with one attached hydrogen (secondary N) is 1. The minimum Gasteiger partial charge on any atom is -0.313 e. The van der Waals surface area contributed by atoms with Crippen LogP contribution in [0.15, 0.2) is 0 Å². The monoisotopic (exact) mass is 283 g/mol. The van der Waals surface area contributed by atoms with E-state index >= 15 is 0 Å². The van der Waals surface area contributed by atoms with Crippen LogP contribution in [-0.4, -0.2) is 62.2 Å². The Morgan fingerprint density at radius 1 is 1.00 bits per heavy atom. The number of hydrogen-bond donors (Lipinski definition) is 1. The standard InChI is InChI=1S/C17H37N3/c1-7-9-20(11-10-19(5)6)17-15(4)12-14(3)13-16(17)18-8-2/h14-18H,7-13H2,1-6H3. The van der Waals surface area contributed by atoms with E-state index in [4.69, 9.17) is 0 Å². The van der Waals surface area contributed by atoms with Gasteiger partial charge in [0, 0.05) is 25.2 Å². The molecule has 0 aromatic heterocycles. The minimum absolute atomic E-state index is 0.674. The van der Waals surface area contributed by atoms with Crippen LogP contribution in [0, 0.1) is 11.8 Å². The summed E-state index contributed by atoms with van der Waals surface area (Å²) in [6.45, 7) is 14.1. The first-order valence-corrected chi connectivity index (χ1v) is 8.61. The fourth-order valence-corrected chi connectivity index (χ4v) is 3.95. The van der Waals surface area contributed by atoms with E-state index in [9.17, 15) is 0 Å². The maximum Gasteiger partial charge on any atom is 0.0275 e. The molecule has 4 unspecified atom stereocenters. The second kappa shape index (κ2) is 9.01. The molecule has 3 nitrogen and oxygen atoms in total. The van der Waals surface area contributed by atoms with Gasteiger partial charge in [-0.2, -0.15) is 0 Å². The van der Waals surface area contributed by atoms with Gasteiger partial charge in [0.05, 0.1) is 0 Å². The van der Waals surface area contributed by atoms with Gasteiger partial charge in [-0.15, -0.1) is 0 Å². The molecule has 120 valence electrons. The summed E-state index contributed by atoms with van der Waals surface area (Å²) < 4.78 is 0. The van der Waals surface area contributed by atoms with Gasteiger partial charge in [-0.25, -0.2) is 0 Å².